The zero-order valence-electron chi connectivity index (χ0n) is 15.7. The van der Waals surface area contributed by atoms with Crippen molar-refractivity contribution in [3.05, 3.63) is 11.6 Å². The molecule has 0 fully saturated rings. The molecule has 2 atom stereocenters. The lowest BCUT2D eigenvalue weighted by Crippen LogP contribution is -2.00. The van der Waals surface area contributed by atoms with Gasteiger partial charge < -0.3 is 5.11 Å². The summed E-state index contributed by atoms with van der Waals surface area (Å²) in [5.41, 5.74) is 1.34. The van der Waals surface area contributed by atoms with Crippen LogP contribution < -0.4 is 0 Å². The van der Waals surface area contributed by atoms with Crippen LogP contribution >= 0.6 is 12.4 Å². The van der Waals surface area contributed by atoms with Gasteiger partial charge in [-0.2, -0.15) is 0 Å². The molecule has 0 aliphatic heterocycles. The zero-order chi connectivity index (χ0) is 16.1. The minimum atomic E-state index is 0. The Bertz CT molecular complexity index is 260. The van der Waals surface area contributed by atoms with E-state index in [4.69, 9.17) is 5.11 Å². The van der Waals surface area contributed by atoms with E-state index in [2.05, 4.69) is 34.6 Å². The highest BCUT2D eigenvalue weighted by molar-refractivity contribution is 5.85. The summed E-state index contributed by atoms with van der Waals surface area (Å²) in [6.45, 7) is 11.8. The molecule has 1 nitrogen and oxygen atoms in total. The van der Waals surface area contributed by atoms with Crippen LogP contribution in [0.3, 0.4) is 0 Å². The molecule has 0 saturated carbocycles. The van der Waals surface area contributed by atoms with Crippen LogP contribution in [0.15, 0.2) is 11.6 Å². The van der Waals surface area contributed by atoms with E-state index in [-0.39, 0.29) is 19.0 Å². The summed E-state index contributed by atoms with van der Waals surface area (Å²) in [7, 11) is 0. The maximum atomic E-state index is 8.83. The number of aliphatic hydroxyl groups is 1. The number of rotatable bonds is 13. The van der Waals surface area contributed by atoms with Crippen LogP contribution in [-0.2, 0) is 0 Å². The van der Waals surface area contributed by atoms with Gasteiger partial charge in [-0.3, -0.25) is 0 Å². The van der Waals surface area contributed by atoms with Crippen molar-refractivity contribution < 1.29 is 5.11 Å². The fraction of sp³-hybridized carbons (Fsp3) is 0.900. The summed E-state index contributed by atoms with van der Waals surface area (Å²) in [4.78, 5) is 0. The van der Waals surface area contributed by atoms with Gasteiger partial charge in [0.15, 0.2) is 0 Å². The SMILES string of the molecule is CC(=CCO)CCC[C@H](C)CCC[C@H](C)CCCC(C)C.Cl. The second-order valence-electron chi connectivity index (χ2n) is 7.59. The Morgan fingerprint density at radius 1 is 0.818 bits per heavy atom. The lowest BCUT2D eigenvalue weighted by Gasteiger charge is -2.15. The van der Waals surface area contributed by atoms with E-state index in [9.17, 15) is 0 Å². The summed E-state index contributed by atoms with van der Waals surface area (Å²) in [5, 5.41) is 8.83. The van der Waals surface area contributed by atoms with Crippen LogP contribution in [0, 0.1) is 17.8 Å². The highest BCUT2D eigenvalue weighted by Crippen LogP contribution is 2.21. The highest BCUT2D eigenvalue weighted by Gasteiger charge is 2.06. The van der Waals surface area contributed by atoms with Crippen LogP contribution in [-0.4, -0.2) is 11.7 Å². The second kappa shape index (κ2) is 15.9. The van der Waals surface area contributed by atoms with E-state index in [1.54, 1.807) is 0 Å². The topological polar surface area (TPSA) is 20.2 Å². The molecule has 0 radical (unpaired) electrons. The van der Waals surface area contributed by atoms with Gasteiger partial charge in [-0.15, -0.1) is 12.4 Å². The Balaban J connectivity index is 0. The molecule has 0 bridgehead atoms. The van der Waals surface area contributed by atoms with Crippen LogP contribution in [0.2, 0.25) is 0 Å². The van der Waals surface area contributed by atoms with Crippen molar-refractivity contribution in [1.82, 2.24) is 0 Å². The first kappa shape index (κ1) is 24.2. The standard InChI is InChI=1S/C20H40O.ClH/c1-17(2)9-6-10-18(3)11-7-12-19(4)13-8-14-20(5)15-16-21;/h15,17-19,21H,6-14,16H2,1-5H3;1H/t18-,19-;/m1./s1. The van der Waals surface area contributed by atoms with Gasteiger partial charge in [-0.25, -0.2) is 0 Å². The molecule has 134 valence electrons. The molecule has 1 N–H and O–H groups in total. The third-order valence-corrected chi connectivity index (χ3v) is 4.58. The molecule has 0 heterocycles. The predicted octanol–water partition coefficient (Wildman–Crippen LogP) is 6.79. The molecule has 0 aromatic heterocycles. The zero-order valence-corrected chi connectivity index (χ0v) is 16.6. The average Bonchev–Trinajstić information content (AvgIpc) is 2.38. The largest absolute Gasteiger partial charge is 0.392 e. The maximum Gasteiger partial charge on any atom is 0.0614 e. The van der Waals surface area contributed by atoms with Crippen molar-refractivity contribution in [3.63, 3.8) is 0 Å². The van der Waals surface area contributed by atoms with E-state index in [0.717, 1.165) is 24.2 Å². The van der Waals surface area contributed by atoms with E-state index in [1.807, 2.05) is 6.08 Å². The molecule has 0 rings (SSSR count). The van der Waals surface area contributed by atoms with Crippen molar-refractivity contribution in [2.45, 2.75) is 92.4 Å². The highest BCUT2D eigenvalue weighted by atomic mass is 35.5. The van der Waals surface area contributed by atoms with Gasteiger partial charge >= 0.3 is 0 Å². The minimum Gasteiger partial charge on any atom is -0.392 e. The van der Waals surface area contributed by atoms with Crippen molar-refractivity contribution in [2.75, 3.05) is 6.61 Å². The summed E-state index contributed by atoms with van der Waals surface area (Å²) in [6, 6.07) is 0. The molecular weight excluding hydrogens is 292 g/mol. The first-order valence-electron chi connectivity index (χ1n) is 9.22. The maximum absolute atomic E-state index is 8.83. The number of halogens is 1. The Labute approximate surface area is 146 Å². The smallest absolute Gasteiger partial charge is 0.0614 e. The van der Waals surface area contributed by atoms with Crippen molar-refractivity contribution in [3.8, 4) is 0 Å². The third-order valence-electron chi connectivity index (χ3n) is 4.58. The Kier molecular flexibility index (Phi) is 17.5. The first-order valence-corrected chi connectivity index (χ1v) is 9.22. The molecule has 0 spiro atoms. The van der Waals surface area contributed by atoms with Crippen LogP contribution in [0.4, 0.5) is 0 Å². The summed E-state index contributed by atoms with van der Waals surface area (Å²) in [6.07, 6.45) is 14.1. The van der Waals surface area contributed by atoms with E-state index < -0.39 is 0 Å². The molecule has 22 heavy (non-hydrogen) atoms. The monoisotopic (exact) mass is 332 g/mol. The number of hydrogen-bond acceptors (Lipinski definition) is 1. The quantitative estimate of drug-likeness (QED) is 0.368. The molecule has 0 amide bonds. The molecule has 0 aliphatic carbocycles. The molecule has 0 aliphatic rings. The van der Waals surface area contributed by atoms with E-state index in [0.29, 0.717) is 0 Å². The lowest BCUT2D eigenvalue weighted by molar-refractivity contribution is 0.341. The lowest BCUT2D eigenvalue weighted by atomic mass is 9.91. The molecule has 0 aromatic carbocycles. The minimum absolute atomic E-state index is 0. The Morgan fingerprint density at radius 3 is 1.73 bits per heavy atom. The molecule has 2 heteroatoms. The van der Waals surface area contributed by atoms with Gasteiger partial charge in [-0.05, 0) is 37.5 Å². The number of hydrogen-bond donors (Lipinski definition) is 1. The molecule has 0 aromatic rings. The first-order chi connectivity index (χ1) is 9.95. The fourth-order valence-electron chi connectivity index (χ4n) is 2.97. The number of aliphatic hydroxyl groups excluding tert-OH is 1. The van der Waals surface area contributed by atoms with Gasteiger partial charge in [0.1, 0.15) is 0 Å². The van der Waals surface area contributed by atoms with Gasteiger partial charge in [0.05, 0.1) is 6.61 Å². The van der Waals surface area contributed by atoms with Gasteiger partial charge in [0, 0.05) is 0 Å². The third kappa shape index (κ3) is 16.4. The normalized spacial score (nSPS) is 14.8. The second-order valence-corrected chi connectivity index (χ2v) is 7.59. The van der Waals surface area contributed by atoms with Crippen LogP contribution in [0.25, 0.3) is 0 Å². The van der Waals surface area contributed by atoms with Gasteiger partial charge in [-0.1, -0.05) is 84.3 Å². The van der Waals surface area contributed by atoms with E-state index in [1.165, 1.54) is 56.9 Å². The van der Waals surface area contributed by atoms with E-state index >= 15 is 0 Å². The summed E-state index contributed by atoms with van der Waals surface area (Å²) in [5.74, 6) is 2.63. The Hall–Kier alpha value is -0.0100. The van der Waals surface area contributed by atoms with Crippen molar-refractivity contribution >= 4 is 12.4 Å². The fourth-order valence-corrected chi connectivity index (χ4v) is 2.97. The molecule has 0 saturated heterocycles. The van der Waals surface area contributed by atoms with Gasteiger partial charge in [0.25, 0.3) is 0 Å². The van der Waals surface area contributed by atoms with Crippen molar-refractivity contribution in [2.24, 2.45) is 17.8 Å². The summed E-state index contributed by atoms with van der Waals surface area (Å²) >= 11 is 0. The summed E-state index contributed by atoms with van der Waals surface area (Å²) < 4.78 is 0. The molecular formula is C20H41ClO. The van der Waals surface area contributed by atoms with Crippen LogP contribution in [0.5, 0.6) is 0 Å². The average molecular weight is 333 g/mol. The molecule has 0 unspecified atom stereocenters. The number of allylic oxidation sites excluding steroid dienone is 1. The van der Waals surface area contributed by atoms with Crippen LogP contribution in [0.1, 0.15) is 92.4 Å². The van der Waals surface area contributed by atoms with Gasteiger partial charge in [0.2, 0.25) is 0 Å². The Morgan fingerprint density at radius 2 is 1.27 bits per heavy atom. The predicted molar refractivity (Wildman–Crippen MR) is 103 cm³/mol. The van der Waals surface area contributed by atoms with Crippen molar-refractivity contribution in [1.29, 1.82) is 0 Å².